The molecule has 1 atom stereocenters. The zero-order chi connectivity index (χ0) is 20.2. The Hall–Kier alpha value is -1.88. The third-order valence-electron chi connectivity index (χ3n) is 6.98. The van der Waals surface area contributed by atoms with Crippen LogP contribution < -0.4 is 0 Å². The molecule has 1 aromatic carbocycles. The Morgan fingerprint density at radius 3 is 2.38 bits per heavy atom. The van der Waals surface area contributed by atoms with Gasteiger partial charge < -0.3 is 9.80 Å². The monoisotopic (exact) mass is 397 g/mol. The predicted octanol–water partition coefficient (Wildman–Crippen LogP) is 2.80. The van der Waals surface area contributed by atoms with Crippen molar-refractivity contribution in [2.45, 2.75) is 51.0 Å². The van der Waals surface area contributed by atoms with Crippen LogP contribution in [0.1, 0.15) is 44.1 Å². The van der Waals surface area contributed by atoms with Crippen LogP contribution in [-0.2, 0) is 16.0 Å². The molecule has 0 N–H and O–H groups in total. The lowest BCUT2D eigenvalue weighted by Gasteiger charge is -2.42. The standard InChI is InChI=1S/C24H35N3O2/c1-25(15-11-19-6-3-2-4-7-19)23(28)21-8-5-14-27(18-21)22-12-16-26(17-13-22)24(29)20-9-10-20/h2-4,6-7,20-22H,5,8-18H2,1H3/t21-/m0/s1. The van der Waals surface area contributed by atoms with Crippen LogP contribution in [0, 0.1) is 11.8 Å². The molecule has 1 saturated carbocycles. The van der Waals surface area contributed by atoms with Gasteiger partial charge in [0.25, 0.3) is 0 Å². The summed E-state index contributed by atoms with van der Waals surface area (Å²) < 4.78 is 0. The lowest BCUT2D eigenvalue weighted by Crippen LogP contribution is -2.52. The molecule has 2 aliphatic heterocycles. The SMILES string of the molecule is CN(CCc1ccccc1)C(=O)[C@H]1CCCN(C2CCN(C(=O)C3CC3)CC2)C1. The van der Waals surface area contributed by atoms with Crippen LogP contribution in [-0.4, -0.2) is 72.3 Å². The van der Waals surface area contributed by atoms with Gasteiger partial charge in [0.1, 0.15) is 0 Å². The van der Waals surface area contributed by atoms with Crippen LogP contribution in [0.4, 0.5) is 0 Å². The molecular weight excluding hydrogens is 362 g/mol. The lowest BCUT2D eigenvalue weighted by atomic mass is 9.92. The summed E-state index contributed by atoms with van der Waals surface area (Å²) in [5.41, 5.74) is 1.28. The van der Waals surface area contributed by atoms with Crippen molar-refractivity contribution in [3.8, 4) is 0 Å². The fourth-order valence-electron chi connectivity index (χ4n) is 4.94. The molecule has 0 radical (unpaired) electrons. The van der Waals surface area contributed by atoms with Crippen LogP contribution in [0.25, 0.3) is 0 Å². The van der Waals surface area contributed by atoms with Gasteiger partial charge in [-0.2, -0.15) is 0 Å². The van der Waals surface area contributed by atoms with E-state index in [1.807, 2.05) is 18.0 Å². The third-order valence-corrected chi connectivity index (χ3v) is 6.98. The van der Waals surface area contributed by atoms with E-state index in [1.165, 1.54) is 5.56 Å². The van der Waals surface area contributed by atoms with Gasteiger partial charge in [-0.25, -0.2) is 0 Å². The minimum Gasteiger partial charge on any atom is -0.345 e. The van der Waals surface area contributed by atoms with Gasteiger partial charge in [0.2, 0.25) is 11.8 Å². The molecule has 0 aromatic heterocycles. The molecule has 5 heteroatoms. The molecule has 0 unspecified atom stereocenters. The van der Waals surface area contributed by atoms with Crippen molar-refractivity contribution in [1.82, 2.24) is 14.7 Å². The zero-order valence-corrected chi connectivity index (χ0v) is 17.8. The number of carbonyl (C=O) groups excluding carboxylic acids is 2. The van der Waals surface area contributed by atoms with Gasteiger partial charge >= 0.3 is 0 Å². The normalized spacial score (nSPS) is 23.8. The van der Waals surface area contributed by atoms with E-state index >= 15 is 0 Å². The van der Waals surface area contributed by atoms with E-state index in [1.54, 1.807) is 0 Å². The molecule has 1 aliphatic carbocycles. The summed E-state index contributed by atoms with van der Waals surface area (Å²) in [4.78, 5) is 31.9. The number of likely N-dealkylation sites (tertiary alicyclic amines) is 2. The predicted molar refractivity (Wildman–Crippen MR) is 114 cm³/mol. The summed E-state index contributed by atoms with van der Waals surface area (Å²) in [7, 11) is 1.95. The van der Waals surface area contributed by atoms with E-state index in [0.29, 0.717) is 23.8 Å². The molecule has 2 saturated heterocycles. The molecule has 0 spiro atoms. The van der Waals surface area contributed by atoms with E-state index in [-0.39, 0.29) is 5.92 Å². The number of hydrogen-bond acceptors (Lipinski definition) is 3. The van der Waals surface area contributed by atoms with Gasteiger partial charge in [-0.3, -0.25) is 14.5 Å². The van der Waals surface area contributed by atoms with Gasteiger partial charge in [0.05, 0.1) is 5.92 Å². The second-order valence-electron chi connectivity index (χ2n) is 9.16. The molecular formula is C24H35N3O2. The second kappa shape index (κ2) is 9.29. The minimum atomic E-state index is 0.121. The Kier molecular flexibility index (Phi) is 6.53. The number of carbonyl (C=O) groups is 2. The summed E-state index contributed by atoms with van der Waals surface area (Å²) in [5, 5.41) is 0. The number of hydrogen-bond donors (Lipinski definition) is 0. The highest BCUT2D eigenvalue weighted by atomic mass is 16.2. The van der Waals surface area contributed by atoms with Crippen molar-refractivity contribution in [2.75, 3.05) is 39.8 Å². The Morgan fingerprint density at radius 2 is 1.69 bits per heavy atom. The maximum Gasteiger partial charge on any atom is 0.226 e. The van der Waals surface area contributed by atoms with Crippen LogP contribution in [0.3, 0.4) is 0 Å². The second-order valence-corrected chi connectivity index (χ2v) is 9.16. The zero-order valence-electron chi connectivity index (χ0n) is 17.8. The van der Waals surface area contributed by atoms with E-state index in [4.69, 9.17) is 0 Å². The largest absolute Gasteiger partial charge is 0.345 e. The molecule has 3 fully saturated rings. The summed E-state index contributed by atoms with van der Waals surface area (Å²) in [6.45, 7) is 4.55. The molecule has 158 valence electrons. The Morgan fingerprint density at radius 1 is 0.966 bits per heavy atom. The summed E-state index contributed by atoms with van der Waals surface area (Å²) in [6.07, 6.45) is 7.31. The molecule has 29 heavy (non-hydrogen) atoms. The average Bonchev–Trinajstić information content (AvgIpc) is 3.63. The fourth-order valence-corrected chi connectivity index (χ4v) is 4.94. The fraction of sp³-hybridized carbons (Fsp3) is 0.667. The van der Waals surface area contributed by atoms with E-state index in [2.05, 4.69) is 34.1 Å². The Balaban J connectivity index is 1.24. The van der Waals surface area contributed by atoms with Crippen molar-refractivity contribution >= 4 is 11.8 Å². The van der Waals surface area contributed by atoms with Crippen LogP contribution in [0.5, 0.6) is 0 Å². The summed E-state index contributed by atoms with van der Waals surface area (Å²) >= 11 is 0. The van der Waals surface area contributed by atoms with Crippen molar-refractivity contribution in [3.05, 3.63) is 35.9 Å². The smallest absolute Gasteiger partial charge is 0.226 e. The van der Waals surface area contributed by atoms with E-state index in [0.717, 1.165) is 77.7 Å². The number of piperidine rings is 2. The molecule has 2 amide bonds. The number of benzene rings is 1. The highest BCUT2D eigenvalue weighted by Crippen LogP contribution is 2.32. The van der Waals surface area contributed by atoms with Crippen molar-refractivity contribution in [2.24, 2.45) is 11.8 Å². The molecule has 5 nitrogen and oxygen atoms in total. The quantitative estimate of drug-likeness (QED) is 0.741. The van der Waals surface area contributed by atoms with Crippen LogP contribution in [0.15, 0.2) is 30.3 Å². The highest BCUT2D eigenvalue weighted by Gasteiger charge is 2.37. The molecule has 4 rings (SSSR count). The first-order valence-electron chi connectivity index (χ1n) is 11.4. The highest BCUT2D eigenvalue weighted by molar-refractivity contribution is 5.81. The summed E-state index contributed by atoms with van der Waals surface area (Å²) in [5.74, 6) is 1.13. The third kappa shape index (κ3) is 5.19. The average molecular weight is 398 g/mol. The first-order valence-corrected chi connectivity index (χ1v) is 11.4. The van der Waals surface area contributed by atoms with Gasteiger partial charge in [0, 0.05) is 45.2 Å². The van der Waals surface area contributed by atoms with Crippen molar-refractivity contribution < 1.29 is 9.59 Å². The van der Waals surface area contributed by atoms with Crippen molar-refractivity contribution in [1.29, 1.82) is 0 Å². The first-order chi connectivity index (χ1) is 14.1. The Bertz CT molecular complexity index is 695. The first kappa shape index (κ1) is 20.4. The van der Waals surface area contributed by atoms with Crippen LogP contribution >= 0.6 is 0 Å². The van der Waals surface area contributed by atoms with Gasteiger partial charge in [-0.1, -0.05) is 30.3 Å². The minimum absolute atomic E-state index is 0.121. The Labute approximate surface area is 175 Å². The van der Waals surface area contributed by atoms with Gasteiger partial charge in [-0.05, 0) is 57.1 Å². The number of nitrogens with zero attached hydrogens (tertiary/aromatic N) is 3. The lowest BCUT2D eigenvalue weighted by molar-refractivity contribution is -0.136. The molecule has 2 heterocycles. The maximum absolute atomic E-state index is 13.0. The van der Waals surface area contributed by atoms with Crippen molar-refractivity contribution in [3.63, 3.8) is 0 Å². The number of likely N-dealkylation sites (N-methyl/N-ethyl adjacent to an activating group) is 1. The van der Waals surface area contributed by atoms with Crippen LogP contribution in [0.2, 0.25) is 0 Å². The van der Waals surface area contributed by atoms with Gasteiger partial charge in [0.15, 0.2) is 0 Å². The molecule has 3 aliphatic rings. The topological polar surface area (TPSA) is 43.9 Å². The van der Waals surface area contributed by atoms with Gasteiger partial charge in [-0.15, -0.1) is 0 Å². The van der Waals surface area contributed by atoms with E-state index in [9.17, 15) is 9.59 Å². The number of rotatable bonds is 6. The van der Waals surface area contributed by atoms with E-state index < -0.39 is 0 Å². The molecule has 0 bridgehead atoms. The molecule has 1 aromatic rings. The number of amides is 2. The summed E-state index contributed by atoms with van der Waals surface area (Å²) in [6, 6.07) is 10.9. The maximum atomic E-state index is 13.0.